The zero-order valence-corrected chi connectivity index (χ0v) is 19.2. The van der Waals surface area contributed by atoms with Gasteiger partial charge in [-0.25, -0.2) is 0 Å². The van der Waals surface area contributed by atoms with Crippen molar-refractivity contribution >= 4 is 26.3 Å². The van der Waals surface area contributed by atoms with Crippen molar-refractivity contribution in [3.8, 4) is 0 Å². The fraction of sp³-hybridized carbons (Fsp3) is 0.952. The number of rotatable bonds is 16. The molecule has 0 rings (SSSR count). The molecule has 2 nitrogen and oxygen atoms in total. The second-order valence-corrected chi connectivity index (χ2v) is 9.44. The molecule has 0 fully saturated rings. The van der Waals surface area contributed by atoms with Crippen LogP contribution in [0.15, 0.2) is 0 Å². The summed E-state index contributed by atoms with van der Waals surface area (Å²) in [6.07, 6.45) is 12.6. The molecule has 0 aliphatic rings. The molecule has 0 radical (unpaired) electrons. The molecule has 25 heavy (non-hydrogen) atoms. The van der Waals surface area contributed by atoms with E-state index in [-0.39, 0.29) is 10.8 Å². The summed E-state index contributed by atoms with van der Waals surface area (Å²) in [7, 11) is 2.35. The standard InChI is InChI=1S/C21H42ClO2P/c1-17(2)9-6-10-18(3)11-7-12-19(4)13-8-15-21(5,24-25)16-14-20(22)23/h17-19H,6-16,25H2,1-5H3. The molecule has 0 aliphatic carbocycles. The van der Waals surface area contributed by atoms with Gasteiger partial charge in [0.15, 0.2) is 0 Å². The molecule has 0 aromatic rings. The van der Waals surface area contributed by atoms with Gasteiger partial charge in [-0.3, -0.25) is 4.79 Å². The van der Waals surface area contributed by atoms with Gasteiger partial charge in [-0.1, -0.05) is 79.1 Å². The van der Waals surface area contributed by atoms with Gasteiger partial charge in [-0.05, 0) is 49.1 Å². The first-order valence-corrected chi connectivity index (χ1v) is 11.1. The van der Waals surface area contributed by atoms with Crippen LogP contribution in [0.2, 0.25) is 0 Å². The normalized spacial score (nSPS) is 16.6. The van der Waals surface area contributed by atoms with Gasteiger partial charge < -0.3 is 4.52 Å². The van der Waals surface area contributed by atoms with Crippen LogP contribution in [0, 0.1) is 17.8 Å². The third kappa shape index (κ3) is 15.1. The maximum atomic E-state index is 11.0. The van der Waals surface area contributed by atoms with Crippen LogP contribution in [0.25, 0.3) is 0 Å². The molecule has 150 valence electrons. The maximum Gasteiger partial charge on any atom is 0.221 e. The van der Waals surface area contributed by atoms with E-state index in [4.69, 9.17) is 16.1 Å². The molecular formula is C21H42ClO2P. The van der Waals surface area contributed by atoms with E-state index in [1.807, 2.05) is 0 Å². The van der Waals surface area contributed by atoms with Crippen LogP contribution in [0.5, 0.6) is 0 Å². The molecule has 0 amide bonds. The topological polar surface area (TPSA) is 26.3 Å². The molecule has 0 aliphatic heterocycles. The van der Waals surface area contributed by atoms with Gasteiger partial charge in [0.1, 0.15) is 0 Å². The Morgan fingerprint density at radius 2 is 1.40 bits per heavy atom. The van der Waals surface area contributed by atoms with E-state index >= 15 is 0 Å². The van der Waals surface area contributed by atoms with Gasteiger partial charge >= 0.3 is 0 Å². The highest BCUT2D eigenvalue weighted by molar-refractivity contribution is 7.09. The highest BCUT2D eigenvalue weighted by Crippen LogP contribution is 2.29. The van der Waals surface area contributed by atoms with Crippen molar-refractivity contribution in [3.63, 3.8) is 0 Å². The Kier molecular flexibility index (Phi) is 14.6. The second-order valence-electron chi connectivity index (χ2n) is 8.78. The first-order chi connectivity index (χ1) is 11.7. The van der Waals surface area contributed by atoms with Crippen LogP contribution in [-0.4, -0.2) is 10.8 Å². The molecule has 4 unspecified atom stereocenters. The minimum atomic E-state index is -0.274. The molecule has 0 aromatic heterocycles. The average molecular weight is 393 g/mol. The molecule has 0 saturated carbocycles. The highest BCUT2D eigenvalue weighted by Gasteiger charge is 2.24. The lowest BCUT2D eigenvalue weighted by Crippen LogP contribution is -2.25. The van der Waals surface area contributed by atoms with E-state index in [1.165, 1.54) is 44.9 Å². The van der Waals surface area contributed by atoms with Gasteiger partial charge in [0.2, 0.25) is 5.24 Å². The quantitative estimate of drug-likeness (QED) is 0.200. The van der Waals surface area contributed by atoms with Crippen LogP contribution in [0.1, 0.15) is 105 Å². The van der Waals surface area contributed by atoms with Crippen LogP contribution < -0.4 is 0 Å². The summed E-state index contributed by atoms with van der Waals surface area (Å²) in [4.78, 5) is 11.0. The highest BCUT2D eigenvalue weighted by atomic mass is 35.5. The van der Waals surface area contributed by atoms with Crippen molar-refractivity contribution in [3.05, 3.63) is 0 Å². The Morgan fingerprint density at radius 1 is 0.920 bits per heavy atom. The summed E-state index contributed by atoms with van der Waals surface area (Å²) < 4.78 is 5.54. The largest absolute Gasteiger partial charge is 0.360 e. The van der Waals surface area contributed by atoms with E-state index < -0.39 is 0 Å². The van der Waals surface area contributed by atoms with Crippen molar-refractivity contribution < 1.29 is 9.32 Å². The summed E-state index contributed by atoms with van der Waals surface area (Å²) in [5.74, 6) is 2.48. The SMILES string of the molecule is CC(C)CCCC(C)CCCC(C)CCCC(C)(CCC(=O)Cl)OP. The van der Waals surface area contributed by atoms with Gasteiger partial charge in [-0.2, -0.15) is 0 Å². The molecule has 0 saturated heterocycles. The van der Waals surface area contributed by atoms with Crippen molar-refractivity contribution in [1.29, 1.82) is 0 Å². The molecule has 0 heterocycles. The number of carbonyl (C=O) groups excluding carboxylic acids is 1. The number of carbonyl (C=O) groups is 1. The minimum Gasteiger partial charge on any atom is -0.360 e. The monoisotopic (exact) mass is 392 g/mol. The molecular weight excluding hydrogens is 351 g/mol. The van der Waals surface area contributed by atoms with Crippen LogP contribution in [0.4, 0.5) is 0 Å². The van der Waals surface area contributed by atoms with Crippen molar-refractivity contribution in [2.24, 2.45) is 17.8 Å². The Morgan fingerprint density at radius 3 is 1.84 bits per heavy atom. The summed E-state index contributed by atoms with van der Waals surface area (Å²) in [5, 5.41) is -0.274. The predicted molar refractivity (Wildman–Crippen MR) is 114 cm³/mol. The predicted octanol–water partition coefficient (Wildman–Crippen LogP) is 7.54. The number of halogens is 1. The lowest BCUT2D eigenvalue weighted by molar-refractivity contribution is -0.112. The van der Waals surface area contributed by atoms with Gasteiger partial charge in [0.25, 0.3) is 0 Å². The Bertz CT molecular complexity index is 349. The lowest BCUT2D eigenvalue weighted by atomic mass is 9.89. The molecule has 0 aromatic carbocycles. The fourth-order valence-electron chi connectivity index (χ4n) is 3.41. The van der Waals surface area contributed by atoms with Gasteiger partial charge in [-0.15, -0.1) is 0 Å². The van der Waals surface area contributed by atoms with Crippen molar-refractivity contribution in [1.82, 2.24) is 0 Å². The minimum absolute atomic E-state index is 0.250. The van der Waals surface area contributed by atoms with Crippen LogP contribution >= 0.6 is 21.1 Å². The first kappa shape index (κ1) is 25.4. The third-order valence-electron chi connectivity index (χ3n) is 5.41. The van der Waals surface area contributed by atoms with Crippen molar-refractivity contribution in [2.75, 3.05) is 0 Å². The Hall–Kier alpha value is 0.350. The van der Waals surface area contributed by atoms with Crippen LogP contribution in [-0.2, 0) is 9.32 Å². The molecule has 4 heteroatoms. The zero-order chi connectivity index (χ0) is 19.3. The summed E-state index contributed by atoms with van der Waals surface area (Å²) in [5.41, 5.74) is -0.250. The van der Waals surface area contributed by atoms with E-state index in [9.17, 15) is 4.79 Å². The van der Waals surface area contributed by atoms with E-state index in [2.05, 4.69) is 44.1 Å². The average Bonchev–Trinajstić information content (AvgIpc) is 2.52. The summed E-state index contributed by atoms with van der Waals surface area (Å²) >= 11 is 5.45. The van der Waals surface area contributed by atoms with Gasteiger partial charge in [0.05, 0.1) is 5.60 Å². The Balaban J connectivity index is 3.81. The van der Waals surface area contributed by atoms with Crippen molar-refractivity contribution in [2.45, 2.75) is 111 Å². The second kappa shape index (κ2) is 14.4. The molecule has 0 N–H and O–H groups in total. The molecule has 4 atom stereocenters. The Labute approximate surface area is 164 Å². The summed E-state index contributed by atoms with van der Waals surface area (Å²) in [6, 6.07) is 0. The smallest absolute Gasteiger partial charge is 0.221 e. The summed E-state index contributed by atoms with van der Waals surface area (Å²) in [6.45, 7) is 11.5. The van der Waals surface area contributed by atoms with E-state index in [0.717, 1.165) is 30.6 Å². The van der Waals surface area contributed by atoms with E-state index in [1.54, 1.807) is 0 Å². The number of hydrogen-bond donors (Lipinski definition) is 0. The third-order valence-corrected chi connectivity index (χ3v) is 6.17. The number of hydrogen-bond acceptors (Lipinski definition) is 2. The van der Waals surface area contributed by atoms with Gasteiger partial charge in [0, 0.05) is 15.9 Å². The zero-order valence-electron chi connectivity index (χ0n) is 17.3. The fourth-order valence-corrected chi connectivity index (χ4v) is 3.74. The maximum absolute atomic E-state index is 11.0. The molecule has 0 bridgehead atoms. The lowest BCUT2D eigenvalue weighted by Gasteiger charge is -2.28. The van der Waals surface area contributed by atoms with E-state index in [0.29, 0.717) is 12.8 Å². The first-order valence-electron chi connectivity index (χ1n) is 10.2. The van der Waals surface area contributed by atoms with Crippen LogP contribution in [0.3, 0.4) is 0 Å². The molecule has 0 spiro atoms.